The molecule has 1 aromatic rings. The van der Waals surface area contributed by atoms with E-state index < -0.39 is 5.91 Å². The molecular weight excluding hydrogens is 204 g/mol. The van der Waals surface area contributed by atoms with E-state index in [0.717, 1.165) is 13.0 Å². The van der Waals surface area contributed by atoms with Gasteiger partial charge in [-0.2, -0.15) is 0 Å². The zero-order chi connectivity index (χ0) is 12.1. The molecule has 5 nitrogen and oxygen atoms in total. The first kappa shape index (κ1) is 12.3. The SMILES string of the molecule is CCC(C)CNc1nc(C(N)=O)ccc1N. The van der Waals surface area contributed by atoms with Crippen LogP contribution in [-0.2, 0) is 0 Å². The lowest BCUT2D eigenvalue weighted by molar-refractivity contribution is 0.0996. The fraction of sp³-hybridized carbons (Fsp3) is 0.455. The van der Waals surface area contributed by atoms with Crippen molar-refractivity contribution in [2.24, 2.45) is 11.7 Å². The Morgan fingerprint density at radius 2 is 2.25 bits per heavy atom. The number of hydrogen-bond donors (Lipinski definition) is 3. The van der Waals surface area contributed by atoms with Crippen LogP contribution in [0.25, 0.3) is 0 Å². The summed E-state index contributed by atoms with van der Waals surface area (Å²) >= 11 is 0. The highest BCUT2D eigenvalue weighted by atomic mass is 16.1. The summed E-state index contributed by atoms with van der Waals surface area (Å²) in [4.78, 5) is 15.0. The second-order valence-electron chi connectivity index (χ2n) is 3.89. The standard InChI is InChI=1S/C11H18N4O/c1-3-7(2)6-14-11-8(12)4-5-9(15-11)10(13)16/h4-5,7H,3,6,12H2,1-2H3,(H2,13,16)(H,14,15). The molecule has 5 heteroatoms. The van der Waals surface area contributed by atoms with Crippen molar-refractivity contribution in [2.45, 2.75) is 20.3 Å². The van der Waals surface area contributed by atoms with Crippen LogP contribution >= 0.6 is 0 Å². The molecule has 0 saturated heterocycles. The van der Waals surface area contributed by atoms with Crippen LogP contribution in [0.2, 0.25) is 0 Å². The zero-order valence-electron chi connectivity index (χ0n) is 9.66. The molecule has 1 heterocycles. The summed E-state index contributed by atoms with van der Waals surface area (Å²) in [5.74, 6) is 0.502. The lowest BCUT2D eigenvalue weighted by Crippen LogP contribution is -2.17. The van der Waals surface area contributed by atoms with E-state index in [1.807, 2.05) is 0 Å². The van der Waals surface area contributed by atoms with Crippen LogP contribution in [-0.4, -0.2) is 17.4 Å². The highest BCUT2D eigenvalue weighted by Crippen LogP contribution is 2.16. The predicted octanol–water partition coefficient (Wildman–Crippen LogP) is 1.22. The molecule has 0 radical (unpaired) electrons. The van der Waals surface area contributed by atoms with Crippen molar-refractivity contribution in [1.82, 2.24) is 4.98 Å². The van der Waals surface area contributed by atoms with Crippen LogP contribution in [0.4, 0.5) is 11.5 Å². The lowest BCUT2D eigenvalue weighted by Gasteiger charge is -2.12. The van der Waals surface area contributed by atoms with E-state index >= 15 is 0 Å². The van der Waals surface area contributed by atoms with Crippen LogP contribution in [0.15, 0.2) is 12.1 Å². The first-order valence-corrected chi connectivity index (χ1v) is 5.34. The molecule has 0 spiro atoms. The maximum Gasteiger partial charge on any atom is 0.267 e. The quantitative estimate of drug-likeness (QED) is 0.698. The summed E-state index contributed by atoms with van der Waals surface area (Å²) in [5, 5.41) is 3.12. The van der Waals surface area contributed by atoms with Gasteiger partial charge in [0.05, 0.1) is 5.69 Å². The Kier molecular flexibility index (Phi) is 4.10. The third-order valence-corrected chi connectivity index (χ3v) is 2.49. The van der Waals surface area contributed by atoms with Gasteiger partial charge in [-0.05, 0) is 18.1 Å². The molecule has 0 aliphatic carbocycles. The topological polar surface area (TPSA) is 94.0 Å². The summed E-state index contributed by atoms with van der Waals surface area (Å²) in [7, 11) is 0. The van der Waals surface area contributed by atoms with E-state index in [1.165, 1.54) is 6.07 Å². The molecule has 1 atom stereocenters. The summed E-state index contributed by atoms with van der Waals surface area (Å²) in [6, 6.07) is 3.15. The van der Waals surface area contributed by atoms with Gasteiger partial charge in [0, 0.05) is 6.54 Å². The number of nitrogens with zero attached hydrogens (tertiary/aromatic N) is 1. The monoisotopic (exact) mass is 222 g/mol. The molecule has 1 rings (SSSR count). The van der Waals surface area contributed by atoms with Crippen molar-refractivity contribution >= 4 is 17.4 Å². The Balaban J connectivity index is 2.78. The third-order valence-electron chi connectivity index (χ3n) is 2.49. The smallest absolute Gasteiger partial charge is 0.267 e. The molecule has 0 aromatic carbocycles. The molecule has 0 bridgehead atoms. The molecule has 1 unspecified atom stereocenters. The number of amides is 1. The van der Waals surface area contributed by atoms with Crippen molar-refractivity contribution in [2.75, 3.05) is 17.6 Å². The fourth-order valence-corrected chi connectivity index (χ4v) is 1.16. The Hall–Kier alpha value is -1.78. The van der Waals surface area contributed by atoms with E-state index in [0.29, 0.717) is 17.4 Å². The summed E-state index contributed by atoms with van der Waals surface area (Å²) in [5.41, 5.74) is 11.6. The van der Waals surface area contributed by atoms with E-state index in [-0.39, 0.29) is 5.69 Å². The van der Waals surface area contributed by atoms with E-state index in [4.69, 9.17) is 11.5 Å². The van der Waals surface area contributed by atoms with Crippen molar-refractivity contribution in [3.05, 3.63) is 17.8 Å². The maximum atomic E-state index is 10.9. The number of nitrogens with one attached hydrogen (secondary N) is 1. The van der Waals surface area contributed by atoms with Gasteiger partial charge >= 0.3 is 0 Å². The molecule has 1 aromatic heterocycles. The van der Waals surface area contributed by atoms with Crippen molar-refractivity contribution in [3.63, 3.8) is 0 Å². The van der Waals surface area contributed by atoms with Crippen molar-refractivity contribution in [3.8, 4) is 0 Å². The minimum absolute atomic E-state index is 0.223. The zero-order valence-corrected chi connectivity index (χ0v) is 9.66. The number of pyridine rings is 1. The molecule has 0 fully saturated rings. The minimum Gasteiger partial charge on any atom is -0.396 e. The molecule has 0 aliphatic heterocycles. The second-order valence-corrected chi connectivity index (χ2v) is 3.89. The Labute approximate surface area is 95.2 Å². The molecule has 0 aliphatic rings. The average molecular weight is 222 g/mol. The van der Waals surface area contributed by atoms with E-state index in [1.54, 1.807) is 6.07 Å². The normalized spacial score (nSPS) is 12.1. The van der Waals surface area contributed by atoms with Gasteiger partial charge in [-0.1, -0.05) is 20.3 Å². The van der Waals surface area contributed by atoms with Gasteiger partial charge in [-0.15, -0.1) is 0 Å². The maximum absolute atomic E-state index is 10.9. The number of nitrogens with two attached hydrogens (primary N) is 2. The van der Waals surface area contributed by atoms with Crippen LogP contribution in [0, 0.1) is 5.92 Å². The fourth-order valence-electron chi connectivity index (χ4n) is 1.16. The van der Waals surface area contributed by atoms with E-state index in [2.05, 4.69) is 24.1 Å². The van der Waals surface area contributed by atoms with Crippen molar-refractivity contribution in [1.29, 1.82) is 0 Å². The highest BCUT2D eigenvalue weighted by molar-refractivity contribution is 5.91. The Bertz CT molecular complexity index is 378. The average Bonchev–Trinajstić information content (AvgIpc) is 2.27. The summed E-state index contributed by atoms with van der Waals surface area (Å²) in [6.07, 6.45) is 1.07. The van der Waals surface area contributed by atoms with Gasteiger partial charge in [0.1, 0.15) is 11.5 Å². The number of anilines is 2. The highest BCUT2D eigenvalue weighted by Gasteiger charge is 2.07. The van der Waals surface area contributed by atoms with Crippen molar-refractivity contribution < 1.29 is 4.79 Å². The van der Waals surface area contributed by atoms with Gasteiger partial charge in [-0.3, -0.25) is 4.79 Å². The molecule has 16 heavy (non-hydrogen) atoms. The van der Waals surface area contributed by atoms with Crippen LogP contribution in [0.5, 0.6) is 0 Å². The summed E-state index contributed by atoms with van der Waals surface area (Å²) in [6.45, 7) is 5.01. The Morgan fingerprint density at radius 1 is 1.56 bits per heavy atom. The van der Waals surface area contributed by atoms with Gasteiger partial charge in [0.15, 0.2) is 0 Å². The molecule has 5 N–H and O–H groups in total. The predicted molar refractivity (Wildman–Crippen MR) is 65.1 cm³/mol. The molecule has 0 saturated carbocycles. The van der Waals surface area contributed by atoms with Crippen LogP contribution in [0.1, 0.15) is 30.8 Å². The summed E-state index contributed by atoms with van der Waals surface area (Å²) < 4.78 is 0. The lowest BCUT2D eigenvalue weighted by atomic mass is 10.1. The van der Waals surface area contributed by atoms with Gasteiger partial charge in [-0.25, -0.2) is 4.98 Å². The van der Waals surface area contributed by atoms with Gasteiger partial charge in [0.25, 0.3) is 5.91 Å². The van der Waals surface area contributed by atoms with Crippen LogP contribution < -0.4 is 16.8 Å². The number of rotatable bonds is 5. The first-order valence-electron chi connectivity index (χ1n) is 5.34. The third kappa shape index (κ3) is 3.12. The van der Waals surface area contributed by atoms with Crippen LogP contribution in [0.3, 0.4) is 0 Å². The molecule has 88 valence electrons. The minimum atomic E-state index is -0.549. The number of nitrogen functional groups attached to an aromatic ring is 1. The number of aromatic nitrogens is 1. The largest absolute Gasteiger partial charge is 0.396 e. The van der Waals surface area contributed by atoms with Gasteiger partial charge in [0.2, 0.25) is 0 Å². The molecule has 1 amide bonds. The van der Waals surface area contributed by atoms with Gasteiger partial charge < -0.3 is 16.8 Å². The number of primary amides is 1. The second kappa shape index (κ2) is 5.34. The first-order chi connectivity index (χ1) is 7.54. The molecular formula is C11H18N4O. The number of carbonyl (C=O) groups is 1. The number of hydrogen-bond acceptors (Lipinski definition) is 4. The Morgan fingerprint density at radius 3 is 2.81 bits per heavy atom. The number of carbonyl (C=O) groups excluding carboxylic acids is 1. The van der Waals surface area contributed by atoms with E-state index in [9.17, 15) is 4.79 Å².